The number of benzene rings is 2. The maximum absolute atomic E-state index is 12.0. The smallest absolute Gasteiger partial charge is 0.336 e. The number of hydrogen-bond donors (Lipinski definition) is 2. The van der Waals surface area contributed by atoms with Crippen molar-refractivity contribution in [3.8, 4) is 28.3 Å². The minimum atomic E-state index is -1.06. The van der Waals surface area contributed by atoms with E-state index in [0.29, 0.717) is 33.2 Å². The third-order valence-electron chi connectivity index (χ3n) is 4.33. The molecular formula is C20H13BrClN3O3. The lowest BCUT2D eigenvalue weighted by molar-refractivity contribution is 0.0699. The minimum absolute atomic E-state index is 0.116. The summed E-state index contributed by atoms with van der Waals surface area (Å²) in [6.45, 7) is 0. The van der Waals surface area contributed by atoms with Crippen molar-refractivity contribution >= 4 is 44.5 Å². The predicted molar refractivity (Wildman–Crippen MR) is 111 cm³/mol. The van der Waals surface area contributed by atoms with Gasteiger partial charge >= 0.3 is 5.97 Å². The number of fused-ring (bicyclic) bond motifs is 1. The molecule has 0 fully saturated rings. The van der Waals surface area contributed by atoms with Crippen molar-refractivity contribution in [3.63, 3.8) is 0 Å². The molecule has 0 aliphatic rings. The highest BCUT2D eigenvalue weighted by Gasteiger charge is 2.20. The Morgan fingerprint density at radius 3 is 2.50 bits per heavy atom. The van der Waals surface area contributed by atoms with Crippen LogP contribution in [0.3, 0.4) is 0 Å². The van der Waals surface area contributed by atoms with Gasteiger partial charge in [0.25, 0.3) is 0 Å². The molecule has 28 heavy (non-hydrogen) atoms. The van der Waals surface area contributed by atoms with E-state index in [-0.39, 0.29) is 5.56 Å². The number of H-pyrrole nitrogens is 1. The number of carboxylic acids is 1. The van der Waals surface area contributed by atoms with Crippen LogP contribution >= 0.6 is 27.5 Å². The zero-order valence-corrected chi connectivity index (χ0v) is 16.9. The fourth-order valence-corrected chi connectivity index (χ4v) is 3.66. The van der Waals surface area contributed by atoms with Crippen LogP contribution in [0.5, 0.6) is 5.75 Å². The molecule has 0 radical (unpaired) electrons. The van der Waals surface area contributed by atoms with Crippen molar-refractivity contribution in [2.45, 2.75) is 0 Å². The van der Waals surface area contributed by atoms with Gasteiger partial charge in [0.2, 0.25) is 0 Å². The Kier molecular flexibility index (Phi) is 4.78. The Morgan fingerprint density at radius 2 is 1.86 bits per heavy atom. The maximum atomic E-state index is 12.0. The molecule has 0 aliphatic heterocycles. The average molecular weight is 459 g/mol. The Balaban J connectivity index is 1.92. The standard InChI is InChI=1S/C20H13BrClN3O3/c1-28-16-7-4-11(8-14(16)21)15-9-13(20(26)27)17-18(24-25-19(17)23-15)10-2-5-12(22)6-3-10/h2-9H,1H3,(H,26,27)(H,23,24,25). The van der Waals surface area contributed by atoms with Crippen LogP contribution in [-0.2, 0) is 0 Å². The van der Waals surface area contributed by atoms with Gasteiger partial charge in [0.15, 0.2) is 5.65 Å². The highest BCUT2D eigenvalue weighted by Crippen LogP contribution is 2.34. The minimum Gasteiger partial charge on any atom is -0.496 e. The number of halogens is 2. The van der Waals surface area contributed by atoms with Gasteiger partial charge in [0, 0.05) is 16.1 Å². The summed E-state index contributed by atoms with van der Waals surface area (Å²) < 4.78 is 5.99. The molecule has 2 aromatic heterocycles. The van der Waals surface area contributed by atoms with E-state index in [1.807, 2.05) is 12.1 Å². The molecule has 4 aromatic rings. The molecule has 140 valence electrons. The monoisotopic (exact) mass is 457 g/mol. The van der Waals surface area contributed by atoms with Crippen LogP contribution in [0.2, 0.25) is 5.02 Å². The van der Waals surface area contributed by atoms with E-state index in [1.54, 1.807) is 43.5 Å². The number of aromatic carboxylic acids is 1. The van der Waals surface area contributed by atoms with Crippen molar-refractivity contribution in [1.82, 2.24) is 15.2 Å². The Hall–Kier alpha value is -2.90. The van der Waals surface area contributed by atoms with Crippen LogP contribution in [0.1, 0.15) is 10.4 Å². The largest absolute Gasteiger partial charge is 0.496 e. The maximum Gasteiger partial charge on any atom is 0.336 e. The Morgan fingerprint density at radius 1 is 1.14 bits per heavy atom. The topological polar surface area (TPSA) is 88.1 Å². The number of hydrogen-bond acceptors (Lipinski definition) is 4. The first kappa shape index (κ1) is 18.5. The van der Waals surface area contributed by atoms with E-state index >= 15 is 0 Å². The number of pyridine rings is 1. The molecule has 0 spiro atoms. The summed E-state index contributed by atoms with van der Waals surface area (Å²) in [5.74, 6) is -0.383. The van der Waals surface area contributed by atoms with Crippen molar-refractivity contribution < 1.29 is 14.6 Å². The summed E-state index contributed by atoms with van der Waals surface area (Å²) in [5, 5.41) is 18.0. The second-order valence-electron chi connectivity index (χ2n) is 6.01. The van der Waals surface area contributed by atoms with Crippen LogP contribution in [-0.4, -0.2) is 33.4 Å². The second-order valence-corrected chi connectivity index (χ2v) is 7.30. The van der Waals surface area contributed by atoms with Gasteiger partial charge in [-0.1, -0.05) is 23.7 Å². The summed E-state index contributed by atoms with van der Waals surface area (Å²) in [6.07, 6.45) is 0. The first-order chi connectivity index (χ1) is 13.5. The van der Waals surface area contributed by atoms with Crippen LogP contribution in [0.4, 0.5) is 0 Å². The van der Waals surface area contributed by atoms with Crippen LogP contribution < -0.4 is 4.74 Å². The molecule has 2 aromatic carbocycles. The summed E-state index contributed by atoms with van der Waals surface area (Å²) in [7, 11) is 1.58. The first-order valence-electron chi connectivity index (χ1n) is 8.20. The highest BCUT2D eigenvalue weighted by molar-refractivity contribution is 9.10. The van der Waals surface area contributed by atoms with E-state index in [0.717, 1.165) is 15.6 Å². The molecule has 0 saturated carbocycles. The molecule has 0 bridgehead atoms. The molecule has 0 unspecified atom stereocenters. The molecule has 2 N–H and O–H groups in total. The molecule has 6 nitrogen and oxygen atoms in total. The zero-order chi connectivity index (χ0) is 19.8. The molecule has 0 amide bonds. The molecule has 0 saturated heterocycles. The number of aromatic nitrogens is 3. The highest BCUT2D eigenvalue weighted by atomic mass is 79.9. The SMILES string of the molecule is COc1ccc(-c2cc(C(=O)O)c3c(-c4ccc(Cl)cc4)[nH]nc3n2)cc1Br. The van der Waals surface area contributed by atoms with Gasteiger partial charge in [-0.3, -0.25) is 5.10 Å². The average Bonchev–Trinajstić information content (AvgIpc) is 3.11. The molecule has 2 heterocycles. The molecule has 4 rings (SSSR count). The van der Waals surface area contributed by atoms with Gasteiger partial charge in [0.05, 0.1) is 33.9 Å². The van der Waals surface area contributed by atoms with Gasteiger partial charge in [-0.05, 0) is 52.3 Å². The molecule has 8 heteroatoms. The molecule has 0 atom stereocenters. The van der Waals surface area contributed by atoms with Crippen molar-refractivity contribution in [1.29, 1.82) is 0 Å². The fourth-order valence-electron chi connectivity index (χ4n) is 2.99. The van der Waals surface area contributed by atoms with Gasteiger partial charge in [-0.25, -0.2) is 9.78 Å². The lowest BCUT2D eigenvalue weighted by Crippen LogP contribution is -2.00. The van der Waals surface area contributed by atoms with E-state index in [1.165, 1.54) is 0 Å². The number of rotatable bonds is 4. The quantitative estimate of drug-likeness (QED) is 0.427. The van der Waals surface area contributed by atoms with Crippen molar-refractivity contribution in [3.05, 3.63) is 63.6 Å². The zero-order valence-electron chi connectivity index (χ0n) is 14.5. The lowest BCUT2D eigenvalue weighted by atomic mass is 10.0. The number of nitrogens with one attached hydrogen (secondary N) is 1. The van der Waals surface area contributed by atoms with Crippen LogP contribution in [0.25, 0.3) is 33.5 Å². The van der Waals surface area contributed by atoms with E-state index in [4.69, 9.17) is 16.3 Å². The molecule has 0 aliphatic carbocycles. The van der Waals surface area contributed by atoms with Crippen molar-refractivity contribution in [2.24, 2.45) is 0 Å². The van der Waals surface area contributed by atoms with Crippen LogP contribution in [0.15, 0.2) is 53.0 Å². The second kappa shape index (κ2) is 7.26. The van der Waals surface area contributed by atoms with Gasteiger partial charge < -0.3 is 9.84 Å². The Labute approximate surface area is 173 Å². The normalized spacial score (nSPS) is 11.0. The third kappa shape index (κ3) is 3.23. The first-order valence-corrected chi connectivity index (χ1v) is 9.37. The number of carbonyl (C=O) groups is 1. The summed E-state index contributed by atoms with van der Waals surface area (Å²) in [4.78, 5) is 16.5. The van der Waals surface area contributed by atoms with Gasteiger partial charge in [-0.15, -0.1) is 0 Å². The van der Waals surface area contributed by atoms with E-state index in [2.05, 4.69) is 31.1 Å². The summed E-state index contributed by atoms with van der Waals surface area (Å²) in [6, 6.07) is 14.1. The number of ether oxygens (including phenoxy) is 1. The third-order valence-corrected chi connectivity index (χ3v) is 5.21. The number of aromatic amines is 1. The number of methoxy groups -OCH3 is 1. The predicted octanol–water partition coefficient (Wildman–Crippen LogP) is 5.41. The van der Waals surface area contributed by atoms with E-state index in [9.17, 15) is 9.90 Å². The van der Waals surface area contributed by atoms with E-state index < -0.39 is 5.97 Å². The lowest BCUT2D eigenvalue weighted by Gasteiger charge is -2.08. The van der Waals surface area contributed by atoms with Crippen molar-refractivity contribution in [2.75, 3.05) is 7.11 Å². The molecular weight excluding hydrogens is 446 g/mol. The fraction of sp³-hybridized carbons (Fsp3) is 0.0500. The summed E-state index contributed by atoms with van der Waals surface area (Å²) in [5.41, 5.74) is 3.04. The van der Waals surface area contributed by atoms with Crippen LogP contribution in [0, 0.1) is 0 Å². The number of nitrogens with zero attached hydrogens (tertiary/aromatic N) is 2. The number of carboxylic acid groups (broad SMARTS) is 1. The van der Waals surface area contributed by atoms with Gasteiger partial charge in [0.1, 0.15) is 5.75 Å². The summed E-state index contributed by atoms with van der Waals surface area (Å²) >= 11 is 9.39. The Bertz CT molecular complexity index is 1210. The van der Waals surface area contributed by atoms with Gasteiger partial charge in [-0.2, -0.15) is 5.10 Å².